The van der Waals surface area contributed by atoms with Crippen LogP contribution in [0.3, 0.4) is 0 Å². The van der Waals surface area contributed by atoms with E-state index in [2.05, 4.69) is 16.8 Å². The fourth-order valence-electron chi connectivity index (χ4n) is 2.88. The van der Waals surface area contributed by atoms with E-state index in [0.717, 1.165) is 49.2 Å². The molecule has 0 saturated carbocycles. The van der Waals surface area contributed by atoms with Gasteiger partial charge in [-0.15, -0.1) is 11.3 Å². The zero-order valence-electron chi connectivity index (χ0n) is 15.5. The summed E-state index contributed by atoms with van der Waals surface area (Å²) in [5, 5.41) is 1.15. The lowest BCUT2D eigenvalue weighted by molar-refractivity contribution is -0.135. The quantitative estimate of drug-likeness (QED) is 0.776. The molecule has 0 atom stereocenters. The van der Waals surface area contributed by atoms with Crippen LogP contribution in [0.5, 0.6) is 11.5 Å². The van der Waals surface area contributed by atoms with Crippen LogP contribution in [0.1, 0.15) is 15.6 Å². The fourth-order valence-corrected chi connectivity index (χ4v) is 3.86. The smallest absolute Gasteiger partial charge is 0.260 e. The molecule has 7 heteroatoms. The molecule has 1 aliphatic rings. The summed E-state index contributed by atoms with van der Waals surface area (Å²) in [7, 11) is 1.61. The van der Waals surface area contributed by atoms with E-state index in [4.69, 9.17) is 9.47 Å². The Morgan fingerprint density at radius 2 is 1.92 bits per heavy atom. The first-order chi connectivity index (χ1) is 12.5. The first-order valence-corrected chi connectivity index (χ1v) is 9.56. The molecule has 1 aromatic carbocycles. The zero-order valence-corrected chi connectivity index (χ0v) is 16.3. The molecule has 140 valence electrons. The highest BCUT2D eigenvalue weighted by Gasteiger charge is 2.22. The predicted molar refractivity (Wildman–Crippen MR) is 102 cm³/mol. The van der Waals surface area contributed by atoms with Crippen molar-refractivity contribution < 1.29 is 14.3 Å². The van der Waals surface area contributed by atoms with Gasteiger partial charge in [0.2, 0.25) is 0 Å². The van der Waals surface area contributed by atoms with Crippen LogP contribution < -0.4 is 9.47 Å². The average Bonchev–Trinajstić information content (AvgIpc) is 2.97. The van der Waals surface area contributed by atoms with Gasteiger partial charge in [-0.3, -0.25) is 9.69 Å². The van der Waals surface area contributed by atoms with Crippen LogP contribution in [0, 0.1) is 13.8 Å². The number of hydrogen-bond acceptors (Lipinski definition) is 6. The number of rotatable bonds is 6. The molecule has 1 aromatic heterocycles. The summed E-state index contributed by atoms with van der Waals surface area (Å²) in [5.41, 5.74) is 1.12. The first-order valence-electron chi connectivity index (χ1n) is 8.75. The number of ether oxygens (including phenoxy) is 2. The minimum Gasteiger partial charge on any atom is -0.497 e. The van der Waals surface area contributed by atoms with Gasteiger partial charge in [0, 0.05) is 37.1 Å². The van der Waals surface area contributed by atoms with Crippen LogP contribution in [-0.4, -0.2) is 60.6 Å². The van der Waals surface area contributed by atoms with Crippen molar-refractivity contribution in [2.45, 2.75) is 20.4 Å². The molecule has 0 unspecified atom stereocenters. The van der Waals surface area contributed by atoms with Crippen molar-refractivity contribution in [1.82, 2.24) is 14.8 Å². The zero-order chi connectivity index (χ0) is 18.5. The van der Waals surface area contributed by atoms with Gasteiger partial charge < -0.3 is 14.4 Å². The minimum absolute atomic E-state index is 0.0217. The summed E-state index contributed by atoms with van der Waals surface area (Å²) in [6.07, 6.45) is 0. The van der Waals surface area contributed by atoms with Crippen molar-refractivity contribution in [2.75, 3.05) is 39.9 Å². The van der Waals surface area contributed by atoms with Crippen molar-refractivity contribution in [2.24, 2.45) is 0 Å². The van der Waals surface area contributed by atoms with Crippen molar-refractivity contribution in [1.29, 1.82) is 0 Å². The second kappa shape index (κ2) is 8.51. The number of hydrogen-bond donors (Lipinski definition) is 0. The summed E-state index contributed by atoms with van der Waals surface area (Å²) in [6.45, 7) is 8.25. The van der Waals surface area contributed by atoms with Crippen molar-refractivity contribution in [3.05, 3.63) is 39.8 Å². The highest BCUT2D eigenvalue weighted by Crippen LogP contribution is 2.20. The maximum atomic E-state index is 12.4. The number of nitrogens with zero attached hydrogens (tertiary/aromatic N) is 3. The SMILES string of the molecule is COc1cccc(OCC(=O)N2CCN(Cc3nc(C)c(C)s3)CC2)c1. The highest BCUT2D eigenvalue weighted by atomic mass is 32.1. The summed E-state index contributed by atoms with van der Waals surface area (Å²) < 4.78 is 10.8. The summed E-state index contributed by atoms with van der Waals surface area (Å²) in [4.78, 5) is 22.5. The number of thiazole rings is 1. The van der Waals surface area contributed by atoms with Gasteiger partial charge >= 0.3 is 0 Å². The van der Waals surface area contributed by atoms with E-state index >= 15 is 0 Å². The van der Waals surface area contributed by atoms with Crippen LogP contribution in [0.15, 0.2) is 24.3 Å². The summed E-state index contributed by atoms with van der Waals surface area (Å²) in [6, 6.07) is 7.30. The van der Waals surface area contributed by atoms with Gasteiger partial charge in [-0.2, -0.15) is 0 Å². The van der Waals surface area contributed by atoms with Gasteiger partial charge in [0.05, 0.1) is 19.3 Å². The molecule has 1 saturated heterocycles. The van der Waals surface area contributed by atoms with E-state index < -0.39 is 0 Å². The molecule has 0 N–H and O–H groups in total. The molecule has 0 bridgehead atoms. The maximum absolute atomic E-state index is 12.4. The van der Waals surface area contributed by atoms with E-state index in [9.17, 15) is 4.79 Å². The van der Waals surface area contributed by atoms with E-state index in [0.29, 0.717) is 5.75 Å². The third-order valence-corrected chi connectivity index (χ3v) is 5.62. The topological polar surface area (TPSA) is 54.9 Å². The second-order valence-electron chi connectivity index (χ2n) is 6.37. The molecule has 0 spiro atoms. The first kappa shape index (κ1) is 18.7. The lowest BCUT2D eigenvalue weighted by Crippen LogP contribution is -2.49. The number of carbonyl (C=O) groups excluding carboxylic acids is 1. The number of piperazine rings is 1. The Kier molecular flexibility index (Phi) is 6.11. The lowest BCUT2D eigenvalue weighted by Gasteiger charge is -2.34. The Morgan fingerprint density at radius 3 is 2.58 bits per heavy atom. The van der Waals surface area contributed by atoms with E-state index in [1.165, 1.54) is 4.88 Å². The molecule has 3 rings (SSSR count). The Bertz CT molecular complexity index is 735. The number of aromatic nitrogens is 1. The molecule has 2 aromatic rings. The van der Waals surface area contributed by atoms with Gasteiger partial charge in [0.15, 0.2) is 6.61 Å². The molecule has 0 aliphatic carbocycles. The van der Waals surface area contributed by atoms with Crippen molar-refractivity contribution >= 4 is 17.2 Å². The Morgan fingerprint density at radius 1 is 1.19 bits per heavy atom. The van der Waals surface area contributed by atoms with E-state index in [1.54, 1.807) is 24.5 Å². The highest BCUT2D eigenvalue weighted by molar-refractivity contribution is 7.11. The average molecular weight is 375 g/mol. The Hall–Kier alpha value is -2.12. The fraction of sp³-hybridized carbons (Fsp3) is 0.474. The lowest BCUT2D eigenvalue weighted by atomic mass is 10.3. The summed E-state index contributed by atoms with van der Waals surface area (Å²) >= 11 is 1.76. The van der Waals surface area contributed by atoms with Gasteiger partial charge in [-0.1, -0.05) is 6.07 Å². The number of carbonyl (C=O) groups is 1. The van der Waals surface area contributed by atoms with Gasteiger partial charge in [-0.05, 0) is 26.0 Å². The Labute approximate surface area is 158 Å². The number of benzene rings is 1. The normalized spacial score (nSPS) is 15.1. The van der Waals surface area contributed by atoms with Crippen LogP contribution in [0.4, 0.5) is 0 Å². The van der Waals surface area contributed by atoms with Gasteiger partial charge in [-0.25, -0.2) is 4.98 Å². The number of aryl methyl sites for hydroxylation is 2. The predicted octanol–water partition coefficient (Wildman–Crippen LogP) is 2.49. The van der Waals surface area contributed by atoms with Crippen molar-refractivity contribution in [3.8, 4) is 11.5 Å². The number of methoxy groups -OCH3 is 1. The third-order valence-electron chi connectivity index (χ3n) is 4.56. The van der Waals surface area contributed by atoms with Crippen LogP contribution in [-0.2, 0) is 11.3 Å². The van der Waals surface area contributed by atoms with E-state index in [-0.39, 0.29) is 12.5 Å². The standard InChI is InChI=1S/C19H25N3O3S/c1-14-15(2)26-18(20-14)12-21-7-9-22(10-8-21)19(23)13-25-17-6-4-5-16(11-17)24-3/h4-6,11H,7-10,12-13H2,1-3H3. The minimum atomic E-state index is 0.0217. The largest absolute Gasteiger partial charge is 0.497 e. The molecule has 6 nitrogen and oxygen atoms in total. The third kappa shape index (κ3) is 4.74. The van der Waals surface area contributed by atoms with Crippen molar-refractivity contribution in [3.63, 3.8) is 0 Å². The Balaban J connectivity index is 1.44. The molecule has 26 heavy (non-hydrogen) atoms. The second-order valence-corrected chi connectivity index (χ2v) is 7.66. The van der Waals surface area contributed by atoms with E-state index in [1.807, 2.05) is 30.0 Å². The van der Waals surface area contributed by atoms with Crippen LogP contribution >= 0.6 is 11.3 Å². The summed E-state index contributed by atoms with van der Waals surface area (Å²) in [5.74, 6) is 1.38. The molecule has 0 radical (unpaired) electrons. The van der Waals surface area contributed by atoms with Crippen LogP contribution in [0.25, 0.3) is 0 Å². The number of amides is 1. The molecular weight excluding hydrogens is 350 g/mol. The maximum Gasteiger partial charge on any atom is 0.260 e. The molecule has 1 amide bonds. The van der Waals surface area contributed by atoms with Gasteiger partial charge in [0.25, 0.3) is 5.91 Å². The molecule has 2 heterocycles. The molecular formula is C19H25N3O3S. The van der Waals surface area contributed by atoms with Gasteiger partial charge in [0.1, 0.15) is 16.5 Å². The molecule has 1 aliphatic heterocycles. The monoisotopic (exact) mass is 375 g/mol. The van der Waals surface area contributed by atoms with Crippen LogP contribution in [0.2, 0.25) is 0 Å². The molecule has 1 fully saturated rings.